The highest BCUT2D eigenvalue weighted by atomic mass is 16.4. The molecule has 0 fully saturated rings. The van der Waals surface area contributed by atoms with Gasteiger partial charge in [-0.3, -0.25) is 4.79 Å². The minimum atomic E-state index is -1.06. The fourth-order valence-corrected chi connectivity index (χ4v) is 2.56. The summed E-state index contributed by atoms with van der Waals surface area (Å²) in [6, 6.07) is 19.1. The topological polar surface area (TPSA) is 89.5 Å². The summed E-state index contributed by atoms with van der Waals surface area (Å²) < 4.78 is 0. The summed E-state index contributed by atoms with van der Waals surface area (Å²) in [4.78, 5) is 24.1. The molecule has 25 heavy (non-hydrogen) atoms. The number of amides is 1. The normalized spacial score (nSPS) is 10.2. The van der Waals surface area contributed by atoms with Gasteiger partial charge in [-0.15, -0.1) is 5.75 Å². The van der Waals surface area contributed by atoms with Crippen molar-refractivity contribution in [3.05, 3.63) is 83.9 Å². The van der Waals surface area contributed by atoms with E-state index in [1.54, 1.807) is 42.5 Å². The van der Waals surface area contributed by atoms with Gasteiger partial charge in [0.1, 0.15) is 0 Å². The molecule has 5 nitrogen and oxygen atoms in total. The van der Waals surface area contributed by atoms with E-state index in [2.05, 4.69) is 5.32 Å². The van der Waals surface area contributed by atoms with Crippen molar-refractivity contribution in [2.75, 3.05) is 5.32 Å². The maximum atomic E-state index is 12.6. The zero-order valence-electron chi connectivity index (χ0n) is 13.1. The number of hydrogen-bond acceptors (Lipinski definition) is 3. The third-order valence-electron chi connectivity index (χ3n) is 3.73. The van der Waals surface area contributed by atoms with Crippen LogP contribution in [-0.2, 0) is 0 Å². The smallest absolute Gasteiger partial charge is 0.336 e. The number of benzene rings is 3. The Hall–Kier alpha value is -3.60. The first-order chi connectivity index (χ1) is 12.1. The average Bonchev–Trinajstić information content (AvgIpc) is 2.63. The van der Waals surface area contributed by atoms with E-state index in [-0.39, 0.29) is 17.2 Å². The average molecular weight is 332 g/mol. The van der Waals surface area contributed by atoms with Crippen LogP contribution in [0.1, 0.15) is 20.7 Å². The van der Waals surface area contributed by atoms with Crippen molar-refractivity contribution in [2.45, 2.75) is 0 Å². The van der Waals surface area contributed by atoms with Crippen molar-refractivity contribution >= 4 is 17.6 Å². The monoisotopic (exact) mass is 332 g/mol. The highest BCUT2D eigenvalue weighted by molar-refractivity contribution is 6.10. The molecule has 3 aromatic rings. The maximum Gasteiger partial charge on any atom is 0.336 e. The first kappa shape index (κ1) is 16.3. The van der Waals surface area contributed by atoms with Crippen LogP contribution in [0.2, 0.25) is 0 Å². The molecule has 0 atom stereocenters. The van der Waals surface area contributed by atoms with Crippen LogP contribution in [0.5, 0.6) is 5.75 Å². The molecule has 0 radical (unpaired) electrons. The molecule has 0 aliphatic rings. The van der Waals surface area contributed by atoms with Gasteiger partial charge in [-0.05, 0) is 35.4 Å². The van der Waals surface area contributed by atoms with E-state index in [4.69, 9.17) is 0 Å². The van der Waals surface area contributed by atoms with Crippen LogP contribution in [-0.4, -0.2) is 17.0 Å². The molecule has 0 spiro atoms. The van der Waals surface area contributed by atoms with E-state index in [9.17, 15) is 19.8 Å². The van der Waals surface area contributed by atoms with E-state index in [1.165, 1.54) is 30.3 Å². The fourth-order valence-electron chi connectivity index (χ4n) is 2.56. The molecule has 0 heterocycles. The van der Waals surface area contributed by atoms with Gasteiger partial charge in [-0.25, -0.2) is 4.79 Å². The standard InChI is InChI=1S/C20H15NO4/c22-14-11-9-13(10-12-14)21-19(23)17-7-3-1-5-15(17)16-6-2-4-8-18(16)20(24)25/h1-12,22H,(H,21,23)(H,24,25)/p-1. The Kier molecular flexibility index (Phi) is 4.48. The number of rotatable bonds is 4. The Bertz CT molecular complexity index is 932. The summed E-state index contributed by atoms with van der Waals surface area (Å²) in [5, 5.41) is 23.3. The molecule has 5 heteroatoms. The molecule has 3 rings (SSSR count). The van der Waals surface area contributed by atoms with Gasteiger partial charge in [0.15, 0.2) is 0 Å². The van der Waals surface area contributed by atoms with Crippen molar-refractivity contribution < 1.29 is 19.8 Å². The van der Waals surface area contributed by atoms with Crippen molar-refractivity contribution in [1.29, 1.82) is 0 Å². The summed E-state index contributed by atoms with van der Waals surface area (Å²) in [6.45, 7) is 0. The third kappa shape index (κ3) is 3.50. The Balaban J connectivity index is 2.00. The van der Waals surface area contributed by atoms with E-state index >= 15 is 0 Å². The molecule has 124 valence electrons. The Morgan fingerprint density at radius 3 is 1.88 bits per heavy atom. The third-order valence-corrected chi connectivity index (χ3v) is 3.73. The molecule has 0 aromatic heterocycles. The molecular formula is C20H14NO4-. The van der Waals surface area contributed by atoms with Crippen LogP contribution in [0.3, 0.4) is 0 Å². The second kappa shape index (κ2) is 6.88. The summed E-state index contributed by atoms with van der Waals surface area (Å²) >= 11 is 0. The van der Waals surface area contributed by atoms with Crippen LogP contribution in [0.25, 0.3) is 11.1 Å². The molecule has 0 unspecified atom stereocenters. The van der Waals surface area contributed by atoms with Crippen LogP contribution in [0.15, 0.2) is 72.8 Å². The lowest BCUT2D eigenvalue weighted by molar-refractivity contribution is -0.268. The van der Waals surface area contributed by atoms with Crippen LogP contribution < -0.4 is 10.4 Å². The van der Waals surface area contributed by atoms with Gasteiger partial charge in [0.25, 0.3) is 5.91 Å². The molecule has 3 aromatic carbocycles. The SMILES string of the molecule is O=C(O)c1ccccc1-c1ccccc1C(=O)Nc1ccc([O-])cc1. The Morgan fingerprint density at radius 2 is 1.28 bits per heavy atom. The van der Waals surface area contributed by atoms with Gasteiger partial charge >= 0.3 is 5.97 Å². The van der Waals surface area contributed by atoms with Crippen LogP contribution >= 0.6 is 0 Å². The van der Waals surface area contributed by atoms with E-state index < -0.39 is 5.97 Å². The number of hydrogen-bond donors (Lipinski definition) is 2. The largest absolute Gasteiger partial charge is 0.872 e. The predicted octanol–water partition coefficient (Wildman–Crippen LogP) is 3.38. The van der Waals surface area contributed by atoms with Gasteiger partial charge in [0.05, 0.1) is 5.56 Å². The van der Waals surface area contributed by atoms with E-state index in [0.29, 0.717) is 22.4 Å². The number of aromatic carboxylic acids is 1. The van der Waals surface area contributed by atoms with Gasteiger partial charge in [-0.1, -0.05) is 48.5 Å². The maximum absolute atomic E-state index is 12.6. The molecule has 1 amide bonds. The van der Waals surface area contributed by atoms with Crippen molar-refractivity contribution in [3.63, 3.8) is 0 Å². The summed E-state index contributed by atoms with van der Waals surface area (Å²) in [7, 11) is 0. The Morgan fingerprint density at radius 1 is 0.760 bits per heavy atom. The molecule has 2 N–H and O–H groups in total. The number of carbonyl (C=O) groups excluding carboxylic acids is 1. The number of carboxylic acid groups (broad SMARTS) is 1. The van der Waals surface area contributed by atoms with Crippen molar-refractivity contribution in [3.8, 4) is 16.9 Å². The highest BCUT2D eigenvalue weighted by Crippen LogP contribution is 2.28. The minimum absolute atomic E-state index is 0.124. The highest BCUT2D eigenvalue weighted by Gasteiger charge is 2.17. The first-order valence-electron chi connectivity index (χ1n) is 7.56. The number of anilines is 1. The zero-order valence-corrected chi connectivity index (χ0v) is 13.1. The number of carboxylic acids is 1. The summed E-state index contributed by atoms with van der Waals surface area (Å²) in [6.07, 6.45) is 0. The number of nitrogens with one attached hydrogen (secondary N) is 1. The van der Waals surface area contributed by atoms with Crippen molar-refractivity contribution in [2.24, 2.45) is 0 Å². The second-order valence-electron chi connectivity index (χ2n) is 5.37. The molecular weight excluding hydrogens is 318 g/mol. The zero-order chi connectivity index (χ0) is 17.8. The molecule has 0 bridgehead atoms. The minimum Gasteiger partial charge on any atom is -0.872 e. The lowest BCUT2D eigenvalue weighted by atomic mass is 9.95. The van der Waals surface area contributed by atoms with E-state index in [1.807, 2.05) is 0 Å². The molecule has 0 saturated carbocycles. The predicted molar refractivity (Wildman–Crippen MR) is 92.7 cm³/mol. The van der Waals surface area contributed by atoms with Gasteiger partial charge in [0.2, 0.25) is 0 Å². The quantitative estimate of drug-likeness (QED) is 0.766. The summed E-state index contributed by atoms with van der Waals surface area (Å²) in [5.41, 5.74) is 1.96. The fraction of sp³-hybridized carbons (Fsp3) is 0. The van der Waals surface area contributed by atoms with Gasteiger partial charge in [0, 0.05) is 11.3 Å². The van der Waals surface area contributed by atoms with Crippen molar-refractivity contribution in [1.82, 2.24) is 0 Å². The van der Waals surface area contributed by atoms with Gasteiger partial charge < -0.3 is 15.5 Å². The Labute approximate surface area is 144 Å². The second-order valence-corrected chi connectivity index (χ2v) is 5.37. The lowest BCUT2D eigenvalue weighted by Gasteiger charge is -2.13. The van der Waals surface area contributed by atoms with E-state index in [0.717, 1.165) is 0 Å². The first-order valence-corrected chi connectivity index (χ1v) is 7.56. The molecule has 0 aliphatic heterocycles. The van der Waals surface area contributed by atoms with Crippen LogP contribution in [0.4, 0.5) is 5.69 Å². The molecule has 0 aliphatic carbocycles. The lowest BCUT2D eigenvalue weighted by Crippen LogP contribution is -2.13. The summed E-state index contributed by atoms with van der Waals surface area (Å²) in [5.74, 6) is -1.58. The van der Waals surface area contributed by atoms with Gasteiger partial charge in [-0.2, -0.15) is 0 Å². The number of carbonyl (C=O) groups is 2. The van der Waals surface area contributed by atoms with Crippen LogP contribution in [0, 0.1) is 0 Å². The molecule has 0 saturated heterocycles.